The van der Waals surface area contributed by atoms with Crippen LogP contribution in [0.2, 0.25) is 0 Å². The first-order valence-corrected chi connectivity index (χ1v) is 13.7. The van der Waals surface area contributed by atoms with Crippen LogP contribution in [0.3, 0.4) is 0 Å². The van der Waals surface area contributed by atoms with E-state index in [1.807, 2.05) is 0 Å². The minimum atomic E-state index is -1.14. The molecule has 0 bridgehead atoms. The number of aliphatic hydroxyl groups excluding tert-OH is 1. The number of ketones is 1. The molecule has 1 aliphatic carbocycles. The van der Waals surface area contributed by atoms with E-state index in [2.05, 4.69) is 15.3 Å². The number of nitrogens with zero attached hydrogens (tertiary/aromatic N) is 4. The number of amides is 2. The van der Waals surface area contributed by atoms with Gasteiger partial charge >= 0.3 is 6.03 Å². The largest absolute Gasteiger partial charge is 0.454 e. The van der Waals surface area contributed by atoms with E-state index < -0.39 is 29.4 Å². The van der Waals surface area contributed by atoms with Crippen molar-refractivity contribution in [1.29, 1.82) is 0 Å². The fourth-order valence-corrected chi connectivity index (χ4v) is 5.05. The number of carbonyl (C=O) groups excluding carboxylic acids is 2. The number of aliphatic hydroxyl groups is 1. The van der Waals surface area contributed by atoms with Crippen LogP contribution in [-0.4, -0.2) is 62.7 Å². The Balaban J connectivity index is 1.33. The van der Waals surface area contributed by atoms with Crippen LogP contribution in [-0.2, 0) is 6.42 Å². The zero-order valence-electron chi connectivity index (χ0n) is 22.3. The van der Waals surface area contributed by atoms with Gasteiger partial charge in [-0.1, -0.05) is 12.1 Å². The molecular formula is C29H25F2N5O5S. The van der Waals surface area contributed by atoms with E-state index in [9.17, 15) is 18.8 Å². The van der Waals surface area contributed by atoms with Crippen molar-refractivity contribution in [2.75, 3.05) is 25.5 Å². The lowest BCUT2D eigenvalue weighted by Gasteiger charge is -2.16. The lowest BCUT2D eigenvalue weighted by Crippen LogP contribution is -2.33. The number of urea groups is 1. The Morgan fingerprint density at radius 3 is 2.81 bits per heavy atom. The van der Waals surface area contributed by atoms with Crippen molar-refractivity contribution >= 4 is 45.0 Å². The third-order valence-electron chi connectivity index (χ3n) is 6.42. The van der Waals surface area contributed by atoms with Crippen molar-refractivity contribution in [2.45, 2.75) is 19.0 Å². The zero-order valence-corrected chi connectivity index (χ0v) is 23.1. The molecule has 1 atom stereocenters. The maximum absolute atomic E-state index is 15.0. The highest BCUT2D eigenvalue weighted by Gasteiger charge is 2.21. The zero-order chi connectivity index (χ0) is 29.8. The van der Waals surface area contributed by atoms with Crippen molar-refractivity contribution in [3.8, 4) is 11.5 Å². The number of hydrogen-bond acceptors (Lipinski definition) is 8. The highest BCUT2D eigenvalue weighted by Crippen LogP contribution is 2.28. The van der Waals surface area contributed by atoms with Crippen molar-refractivity contribution in [3.63, 3.8) is 0 Å². The molecule has 3 heterocycles. The number of aromatic nitrogens is 3. The topological polar surface area (TPSA) is 127 Å². The second kappa shape index (κ2) is 12.4. The van der Waals surface area contributed by atoms with Gasteiger partial charge in [0, 0.05) is 44.4 Å². The fourth-order valence-electron chi connectivity index (χ4n) is 4.25. The van der Waals surface area contributed by atoms with Crippen LogP contribution in [0.1, 0.15) is 22.3 Å². The Kier molecular flexibility index (Phi) is 8.50. The normalized spacial score (nSPS) is 14.5. The van der Waals surface area contributed by atoms with Crippen LogP contribution in [0, 0.1) is 5.82 Å². The molecule has 1 unspecified atom stereocenters. The molecule has 13 heteroatoms. The number of allylic oxidation sites excluding steroid dienone is 4. The van der Waals surface area contributed by atoms with E-state index in [1.54, 1.807) is 11.6 Å². The van der Waals surface area contributed by atoms with Crippen LogP contribution in [0.4, 0.5) is 19.4 Å². The highest BCUT2D eigenvalue weighted by molar-refractivity contribution is 7.16. The molecular weight excluding hydrogens is 568 g/mol. The van der Waals surface area contributed by atoms with E-state index in [4.69, 9.17) is 9.84 Å². The maximum atomic E-state index is 15.0. The molecule has 0 fully saturated rings. The van der Waals surface area contributed by atoms with E-state index in [0.717, 1.165) is 6.07 Å². The Morgan fingerprint density at radius 1 is 1.24 bits per heavy atom. The number of halogens is 2. The quantitative estimate of drug-likeness (QED) is 0.267. The van der Waals surface area contributed by atoms with Crippen LogP contribution >= 0.6 is 11.3 Å². The van der Waals surface area contributed by atoms with Gasteiger partial charge in [-0.05, 0) is 42.0 Å². The third-order valence-corrected chi connectivity index (χ3v) is 7.24. The van der Waals surface area contributed by atoms with Gasteiger partial charge in [0.05, 0.1) is 23.2 Å². The number of likely N-dealkylation sites (N-methyl/N-ethyl adjacent to an activating group) is 1. The van der Waals surface area contributed by atoms with Gasteiger partial charge in [0.2, 0.25) is 0 Å². The maximum Gasteiger partial charge on any atom is 0.322 e. The highest BCUT2D eigenvalue weighted by atomic mass is 32.1. The number of nitrogens with one attached hydrogen (secondary N) is 1. The summed E-state index contributed by atoms with van der Waals surface area (Å²) >= 11 is 1.23. The first kappa shape index (κ1) is 28.8. The molecule has 4 aromatic rings. The minimum absolute atomic E-state index is 0.109. The first-order valence-electron chi connectivity index (χ1n) is 12.8. The molecule has 0 saturated heterocycles. The van der Waals surface area contributed by atoms with Gasteiger partial charge in [-0.15, -0.1) is 11.3 Å². The molecule has 0 saturated carbocycles. The molecule has 10 nitrogen and oxygen atoms in total. The Morgan fingerprint density at radius 2 is 2.07 bits per heavy atom. The molecule has 216 valence electrons. The number of Topliss-reactive ketones (excluding diaryl/α,β-unsaturated/α-hetero) is 1. The van der Waals surface area contributed by atoms with Gasteiger partial charge in [-0.25, -0.2) is 23.5 Å². The van der Waals surface area contributed by atoms with Gasteiger partial charge < -0.3 is 14.7 Å². The van der Waals surface area contributed by atoms with Gasteiger partial charge in [0.1, 0.15) is 22.6 Å². The number of pyridine rings is 2. The molecule has 5 rings (SSSR count). The summed E-state index contributed by atoms with van der Waals surface area (Å²) in [5.41, 5.74) is 2.11. The average molecular weight is 594 g/mol. The lowest BCUT2D eigenvalue weighted by molar-refractivity contribution is 0.0991. The number of thiazole rings is 1. The molecule has 0 spiro atoms. The van der Waals surface area contributed by atoms with Crippen molar-refractivity contribution in [2.24, 2.45) is 0 Å². The van der Waals surface area contributed by atoms with Crippen LogP contribution in [0.15, 0.2) is 71.1 Å². The molecule has 0 aliphatic heterocycles. The van der Waals surface area contributed by atoms with Crippen molar-refractivity contribution in [3.05, 3.63) is 93.6 Å². The second-order valence-corrected chi connectivity index (χ2v) is 10.2. The third kappa shape index (κ3) is 6.26. The summed E-state index contributed by atoms with van der Waals surface area (Å²) in [7, 11) is 1.51. The Hall–Kier alpha value is -4.75. The molecule has 1 aromatic carbocycles. The number of fused-ring (bicyclic) bond motifs is 1. The number of rotatable bonds is 9. The number of anilines is 1. The average Bonchev–Trinajstić information content (AvgIpc) is 3.43. The van der Waals surface area contributed by atoms with E-state index >= 15 is 4.39 Å². The number of alkyl halides is 1. The Bertz CT molecular complexity index is 1780. The monoisotopic (exact) mass is 593 g/mol. The van der Waals surface area contributed by atoms with Gasteiger partial charge in [-0.2, -0.15) is 0 Å². The van der Waals surface area contributed by atoms with Gasteiger partial charge in [0.15, 0.2) is 17.3 Å². The predicted octanol–water partition coefficient (Wildman–Crippen LogP) is 4.80. The van der Waals surface area contributed by atoms with E-state index in [-0.39, 0.29) is 48.9 Å². The summed E-state index contributed by atoms with van der Waals surface area (Å²) in [5.74, 6) is -1.02. The smallest absolute Gasteiger partial charge is 0.322 e. The van der Waals surface area contributed by atoms with Crippen LogP contribution < -0.4 is 15.6 Å². The SMILES string of the molecule is CN(CCO)C(=O)Nc1cc(Oc2ccc(CC(=O)c3cc4ncsc4n(C4=CCC(F)C=C4)c3=O)cc2F)ccn1. The molecule has 2 N–H and O–H groups in total. The predicted molar refractivity (Wildman–Crippen MR) is 154 cm³/mol. The van der Waals surface area contributed by atoms with E-state index in [0.29, 0.717) is 21.6 Å². The molecule has 0 radical (unpaired) electrons. The van der Waals surface area contributed by atoms with Crippen molar-refractivity contribution < 1.29 is 28.2 Å². The number of hydrogen-bond donors (Lipinski definition) is 2. The summed E-state index contributed by atoms with van der Waals surface area (Å²) < 4.78 is 35.6. The van der Waals surface area contributed by atoms with Crippen molar-refractivity contribution in [1.82, 2.24) is 19.4 Å². The number of carbonyl (C=O) groups is 2. The molecule has 3 aromatic heterocycles. The fraction of sp³-hybridized carbons (Fsp3) is 0.207. The summed E-state index contributed by atoms with van der Waals surface area (Å²) in [4.78, 5) is 48.9. The number of benzene rings is 1. The summed E-state index contributed by atoms with van der Waals surface area (Å²) in [6.07, 6.45) is 4.56. The standard InChI is InChI=1S/C29H25F2N5O5S/c1-35(10-11-37)29(40)34-26-14-20(8-9-32-26)41-25-7-2-17(12-22(25)31)13-24(38)21-15-23-28(42-16-33-23)36(27(21)39)19-5-3-18(30)4-6-19/h2-3,5-9,12,14-16,18,37H,4,10-11,13H2,1H3,(H,32,34,40). The minimum Gasteiger partial charge on any atom is -0.454 e. The molecule has 42 heavy (non-hydrogen) atoms. The van der Waals surface area contributed by atoms with Gasteiger partial charge in [0.25, 0.3) is 5.56 Å². The molecule has 2 amide bonds. The first-order chi connectivity index (χ1) is 20.2. The lowest BCUT2D eigenvalue weighted by atomic mass is 10.0. The second-order valence-electron chi connectivity index (χ2n) is 9.40. The van der Waals surface area contributed by atoms with E-state index in [1.165, 1.54) is 76.5 Å². The Labute approximate surface area is 242 Å². The molecule has 1 aliphatic rings. The summed E-state index contributed by atoms with van der Waals surface area (Å²) in [6, 6.07) is 7.84. The van der Waals surface area contributed by atoms with Crippen LogP contribution in [0.5, 0.6) is 11.5 Å². The van der Waals surface area contributed by atoms with Crippen LogP contribution in [0.25, 0.3) is 16.0 Å². The van der Waals surface area contributed by atoms with Gasteiger partial charge in [-0.3, -0.25) is 19.5 Å². The summed E-state index contributed by atoms with van der Waals surface area (Å²) in [5, 5.41) is 11.5. The number of ether oxygens (including phenoxy) is 1. The summed E-state index contributed by atoms with van der Waals surface area (Å²) in [6.45, 7) is -0.0632.